The number of nitrogens with one attached hydrogen (secondary N) is 1. The van der Waals surface area contributed by atoms with Gasteiger partial charge in [-0.05, 0) is 12.2 Å². The predicted octanol–water partition coefficient (Wildman–Crippen LogP) is 4.03. The summed E-state index contributed by atoms with van der Waals surface area (Å²) in [4.78, 5) is 5.77. The highest BCUT2D eigenvalue weighted by atomic mass is 32.1. The molecule has 0 radical (unpaired) electrons. The van der Waals surface area contributed by atoms with Gasteiger partial charge in [-0.25, -0.2) is 9.37 Å². The Balaban J connectivity index is 2.66. The van der Waals surface area contributed by atoms with Crippen LogP contribution >= 0.6 is 23.6 Å². The van der Waals surface area contributed by atoms with E-state index < -0.39 is 17.6 Å². The number of thiophene rings is 1. The molecule has 0 saturated carbocycles. The molecule has 0 spiro atoms. The van der Waals surface area contributed by atoms with Crippen LogP contribution in [0.25, 0.3) is 11.3 Å². The molecular weight excluding hydrogens is 276 g/mol. The van der Waals surface area contributed by atoms with Crippen molar-refractivity contribution in [3.8, 4) is 11.3 Å². The van der Waals surface area contributed by atoms with E-state index in [1.807, 2.05) is 0 Å². The second-order valence-electron chi connectivity index (χ2n) is 3.11. The third-order valence-electron chi connectivity index (χ3n) is 2.00. The van der Waals surface area contributed by atoms with Crippen molar-refractivity contribution in [2.24, 2.45) is 0 Å². The van der Waals surface area contributed by atoms with Gasteiger partial charge < -0.3 is 4.98 Å². The van der Waals surface area contributed by atoms with Crippen LogP contribution in [-0.4, -0.2) is 9.97 Å². The summed E-state index contributed by atoms with van der Waals surface area (Å²) in [7, 11) is 0. The summed E-state index contributed by atoms with van der Waals surface area (Å²) in [5.41, 5.74) is -1.44. The summed E-state index contributed by atoms with van der Waals surface area (Å²) in [6.07, 6.45) is -3.73. The Bertz CT molecular complexity index is 600. The molecule has 2 nitrogen and oxygen atoms in total. The van der Waals surface area contributed by atoms with Crippen LogP contribution in [0.1, 0.15) is 5.56 Å². The van der Waals surface area contributed by atoms with E-state index in [1.54, 1.807) is 0 Å². The molecule has 0 bridgehead atoms. The maximum atomic E-state index is 13.4. The summed E-state index contributed by atoms with van der Waals surface area (Å²) < 4.78 is 51.2. The molecule has 0 aliphatic heterocycles. The molecule has 0 unspecified atom stereocenters. The highest BCUT2D eigenvalue weighted by molar-refractivity contribution is 7.71. The zero-order chi connectivity index (χ0) is 12.6. The second-order valence-corrected chi connectivity index (χ2v) is 4.24. The molecule has 2 aromatic rings. The summed E-state index contributed by atoms with van der Waals surface area (Å²) in [6, 6.07) is 0. The maximum Gasteiger partial charge on any atom is 0.417 e. The van der Waals surface area contributed by atoms with Crippen LogP contribution in [-0.2, 0) is 6.18 Å². The number of hydrogen-bond acceptors (Lipinski definition) is 3. The van der Waals surface area contributed by atoms with E-state index in [9.17, 15) is 17.6 Å². The first-order valence-corrected chi connectivity index (χ1v) is 5.63. The van der Waals surface area contributed by atoms with E-state index in [-0.39, 0.29) is 16.0 Å². The molecule has 1 N–H and O–H groups in total. The van der Waals surface area contributed by atoms with Gasteiger partial charge in [-0.3, -0.25) is 0 Å². The molecule has 2 rings (SSSR count). The van der Waals surface area contributed by atoms with E-state index >= 15 is 0 Å². The van der Waals surface area contributed by atoms with Crippen LogP contribution in [0.15, 0.2) is 17.0 Å². The molecule has 0 saturated heterocycles. The van der Waals surface area contributed by atoms with Crippen LogP contribution in [0, 0.1) is 10.6 Å². The fraction of sp³-hybridized carbons (Fsp3) is 0.111. The van der Waals surface area contributed by atoms with Crippen LogP contribution < -0.4 is 0 Å². The molecule has 17 heavy (non-hydrogen) atoms. The summed E-state index contributed by atoms with van der Waals surface area (Å²) >= 11 is 5.50. The Hall–Kier alpha value is -1.28. The number of aromatic amines is 1. The number of alkyl halides is 3. The molecule has 0 aliphatic carbocycles. The first kappa shape index (κ1) is 12.2. The largest absolute Gasteiger partial charge is 0.417 e. The zero-order valence-electron chi connectivity index (χ0n) is 8.01. The average Bonchev–Trinajstić information content (AvgIpc) is 2.69. The second kappa shape index (κ2) is 4.19. The molecule has 8 heteroatoms. The number of halogens is 4. The first-order chi connectivity index (χ1) is 7.89. The van der Waals surface area contributed by atoms with Gasteiger partial charge in [-0.15, -0.1) is 0 Å². The molecule has 2 heterocycles. The molecule has 0 amide bonds. The summed E-state index contributed by atoms with van der Waals surface area (Å²) in [5.74, 6) is -0.873. The fourth-order valence-electron chi connectivity index (χ4n) is 1.28. The molecule has 0 aromatic carbocycles. The number of nitrogens with zero attached hydrogens (tertiary/aromatic N) is 1. The van der Waals surface area contributed by atoms with Crippen molar-refractivity contribution < 1.29 is 17.6 Å². The number of rotatable bonds is 1. The Kier molecular flexibility index (Phi) is 3.00. The molecule has 0 fully saturated rings. The SMILES string of the molecule is Fc1cnc(=S)[nH]c1-c1cscc1C(F)(F)F. The number of aromatic nitrogens is 2. The van der Waals surface area contributed by atoms with Gasteiger partial charge in [0.2, 0.25) is 0 Å². The van der Waals surface area contributed by atoms with Gasteiger partial charge in [0.25, 0.3) is 0 Å². The summed E-state index contributed by atoms with van der Waals surface area (Å²) in [6.45, 7) is 0. The predicted molar refractivity (Wildman–Crippen MR) is 57.7 cm³/mol. The van der Waals surface area contributed by atoms with Crippen molar-refractivity contribution in [1.82, 2.24) is 9.97 Å². The lowest BCUT2D eigenvalue weighted by molar-refractivity contribution is -0.136. The van der Waals surface area contributed by atoms with Crippen LogP contribution in [0.5, 0.6) is 0 Å². The first-order valence-electron chi connectivity index (χ1n) is 4.28. The fourth-order valence-corrected chi connectivity index (χ4v) is 2.29. The average molecular weight is 280 g/mol. The third-order valence-corrected chi connectivity index (χ3v) is 2.95. The highest BCUT2D eigenvalue weighted by Gasteiger charge is 2.35. The highest BCUT2D eigenvalue weighted by Crippen LogP contribution is 2.39. The summed E-state index contributed by atoms with van der Waals surface area (Å²) in [5, 5.41) is 2.14. The Morgan fingerprint density at radius 3 is 2.65 bits per heavy atom. The van der Waals surface area contributed by atoms with Gasteiger partial charge in [0.15, 0.2) is 10.6 Å². The number of hydrogen-bond donors (Lipinski definition) is 1. The van der Waals surface area contributed by atoms with Crippen molar-refractivity contribution in [1.29, 1.82) is 0 Å². The third kappa shape index (κ3) is 2.37. The molecule has 0 atom stereocenters. The van der Waals surface area contributed by atoms with Gasteiger partial charge in [-0.1, -0.05) is 0 Å². The van der Waals surface area contributed by atoms with Crippen molar-refractivity contribution in [2.45, 2.75) is 6.18 Å². The standard InChI is InChI=1S/C9H4F4N2S2/c10-6-1-14-8(16)15-7(6)4-2-17-3-5(4)9(11,12)13/h1-3H,(H,14,15,16). The van der Waals surface area contributed by atoms with Crippen LogP contribution in [0.2, 0.25) is 0 Å². The van der Waals surface area contributed by atoms with Crippen molar-refractivity contribution in [3.05, 3.63) is 33.1 Å². The van der Waals surface area contributed by atoms with E-state index in [1.165, 1.54) is 5.38 Å². The van der Waals surface area contributed by atoms with E-state index in [4.69, 9.17) is 0 Å². The minimum Gasteiger partial charge on any atom is -0.328 e. The van der Waals surface area contributed by atoms with E-state index in [0.29, 0.717) is 0 Å². The van der Waals surface area contributed by atoms with Crippen molar-refractivity contribution in [2.75, 3.05) is 0 Å². The lowest BCUT2D eigenvalue weighted by atomic mass is 10.1. The van der Waals surface area contributed by atoms with Crippen molar-refractivity contribution in [3.63, 3.8) is 0 Å². The molecule has 2 aromatic heterocycles. The van der Waals surface area contributed by atoms with Gasteiger partial charge in [0.05, 0.1) is 17.5 Å². The minimum atomic E-state index is -4.53. The van der Waals surface area contributed by atoms with Crippen LogP contribution in [0.3, 0.4) is 0 Å². The Morgan fingerprint density at radius 1 is 1.29 bits per heavy atom. The Morgan fingerprint density at radius 2 is 2.00 bits per heavy atom. The van der Waals surface area contributed by atoms with E-state index in [2.05, 4.69) is 22.2 Å². The van der Waals surface area contributed by atoms with Crippen LogP contribution in [0.4, 0.5) is 17.6 Å². The minimum absolute atomic E-state index is 0.0688. The van der Waals surface area contributed by atoms with Gasteiger partial charge in [-0.2, -0.15) is 24.5 Å². The Labute approximate surface area is 102 Å². The quantitative estimate of drug-likeness (QED) is 0.631. The van der Waals surface area contributed by atoms with Gasteiger partial charge >= 0.3 is 6.18 Å². The van der Waals surface area contributed by atoms with Gasteiger partial charge in [0, 0.05) is 16.3 Å². The lowest BCUT2D eigenvalue weighted by Crippen LogP contribution is -2.06. The topological polar surface area (TPSA) is 28.7 Å². The maximum absolute atomic E-state index is 13.4. The zero-order valence-corrected chi connectivity index (χ0v) is 9.64. The normalized spacial score (nSPS) is 11.8. The molecule has 90 valence electrons. The van der Waals surface area contributed by atoms with Crippen molar-refractivity contribution >= 4 is 23.6 Å². The number of H-pyrrole nitrogens is 1. The van der Waals surface area contributed by atoms with E-state index in [0.717, 1.165) is 22.9 Å². The lowest BCUT2D eigenvalue weighted by Gasteiger charge is -2.08. The molecule has 0 aliphatic rings. The monoisotopic (exact) mass is 280 g/mol. The molecular formula is C9H4F4N2S2. The smallest absolute Gasteiger partial charge is 0.328 e. The van der Waals surface area contributed by atoms with Gasteiger partial charge in [0.1, 0.15) is 0 Å².